The number of aromatic nitrogens is 5. The fourth-order valence-electron chi connectivity index (χ4n) is 2.76. The highest BCUT2D eigenvalue weighted by Crippen LogP contribution is 2.47. The zero-order chi connectivity index (χ0) is 17.3. The Kier molecular flexibility index (Phi) is 3.79. The monoisotopic (exact) mass is 338 g/mol. The van der Waals surface area contributed by atoms with E-state index in [1.54, 1.807) is 18.7 Å². The van der Waals surface area contributed by atoms with E-state index in [1.165, 1.54) is 0 Å². The number of carbonyl (C=O) groups is 1. The lowest BCUT2D eigenvalue weighted by molar-refractivity contribution is -0.127. The van der Waals surface area contributed by atoms with Gasteiger partial charge in [-0.1, -0.05) is 11.2 Å². The Morgan fingerprint density at radius 2 is 2.28 bits per heavy atom. The lowest BCUT2D eigenvalue weighted by Crippen LogP contribution is -2.36. The highest BCUT2D eigenvalue weighted by Gasteiger charge is 2.50. The number of nitrogens with one attached hydrogen (secondary N) is 1. The van der Waals surface area contributed by atoms with Crippen LogP contribution in [0, 0.1) is 5.41 Å². The molecule has 3 aromatic rings. The van der Waals surface area contributed by atoms with E-state index in [0.29, 0.717) is 24.0 Å². The molecular weight excluding hydrogens is 320 g/mol. The Hall–Kier alpha value is -3.03. The highest BCUT2D eigenvalue weighted by molar-refractivity contribution is 5.85. The molecule has 0 aromatic carbocycles. The highest BCUT2D eigenvalue weighted by atomic mass is 16.5. The molecule has 1 aliphatic rings. The summed E-state index contributed by atoms with van der Waals surface area (Å²) in [5.41, 5.74) is 0.272. The van der Waals surface area contributed by atoms with Gasteiger partial charge in [0, 0.05) is 25.1 Å². The fourth-order valence-corrected chi connectivity index (χ4v) is 2.76. The van der Waals surface area contributed by atoms with Crippen molar-refractivity contribution in [1.82, 2.24) is 30.0 Å². The van der Waals surface area contributed by atoms with Crippen LogP contribution >= 0.6 is 0 Å². The zero-order valence-corrected chi connectivity index (χ0v) is 13.8. The average Bonchev–Trinajstić information content (AvgIpc) is 3.03. The van der Waals surface area contributed by atoms with Crippen molar-refractivity contribution in [3.8, 4) is 11.5 Å². The maximum Gasteiger partial charge on any atom is 0.249 e. The van der Waals surface area contributed by atoms with Gasteiger partial charge in [-0.25, -0.2) is 4.98 Å². The summed E-state index contributed by atoms with van der Waals surface area (Å²) >= 11 is 0. The molecule has 1 saturated carbocycles. The summed E-state index contributed by atoms with van der Waals surface area (Å²) in [6, 6.07) is 5.12. The third-order valence-corrected chi connectivity index (χ3v) is 4.43. The number of pyridine rings is 1. The van der Waals surface area contributed by atoms with Crippen LogP contribution in [0.1, 0.15) is 31.7 Å². The molecule has 3 heterocycles. The van der Waals surface area contributed by atoms with Crippen molar-refractivity contribution in [1.29, 1.82) is 0 Å². The van der Waals surface area contributed by atoms with Crippen LogP contribution in [-0.4, -0.2) is 30.6 Å². The average molecular weight is 338 g/mol. The Morgan fingerprint density at radius 3 is 2.96 bits per heavy atom. The van der Waals surface area contributed by atoms with Gasteiger partial charge < -0.3 is 14.4 Å². The Balaban J connectivity index is 1.43. The lowest BCUT2D eigenvalue weighted by atomic mass is 10.1. The summed E-state index contributed by atoms with van der Waals surface area (Å²) in [7, 11) is 0. The number of carbonyl (C=O) groups excluding carboxylic acids is 1. The third-order valence-electron chi connectivity index (χ3n) is 4.43. The van der Waals surface area contributed by atoms with Crippen molar-refractivity contribution in [3.63, 3.8) is 0 Å². The topological polar surface area (TPSA) is 98.7 Å². The van der Waals surface area contributed by atoms with Gasteiger partial charge in [-0.05, 0) is 31.9 Å². The van der Waals surface area contributed by atoms with Crippen LogP contribution in [0.5, 0.6) is 0 Å². The minimum Gasteiger partial charge on any atom is -0.344 e. The van der Waals surface area contributed by atoms with E-state index in [9.17, 15) is 4.79 Å². The van der Waals surface area contributed by atoms with Gasteiger partial charge in [0.05, 0.1) is 11.7 Å². The van der Waals surface area contributed by atoms with Crippen LogP contribution < -0.4 is 5.32 Å². The molecule has 0 radical (unpaired) electrons. The molecule has 0 saturated heterocycles. The summed E-state index contributed by atoms with van der Waals surface area (Å²) in [4.78, 5) is 25.2. The van der Waals surface area contributed by atoms with Crippen LogP contribution in [0.15, 0.2) is 47.6 Å². The molecule has 1 amide bonds. The van der Waals surface area contributed by atoms with Gasteiger partial charge in [-0.3, -0.25) is 9.78 Å². The molecule has 1 aliphatic carbocycles. The summed E-state index contributed by atoms with van der Waals surface area (Å²) in [6.45, 7) is 2.47. The first-order chi connectivity index (χ1) is 12.2. The Bertz CT molecular complexity index is 854. The van der Waals surface area contributed by atoms with Gasteiger partial charge in [0.2, 0.25) is 17.6 Å². The molecule has 0 spiro atoms. The van der Waals surface area contributed by atoms with Crippen molar-refractivity contribution >= 4 is 5.91 Å². The molecule has 1 fully saturated rings. The van der Waals surface area contributed by atoms with Gasteiger partial charge in [0.1, 0.15) is 11.7 Å². The van der Waals surface area contributed by atoms with E-state index in [0.717, 1.165) is 12.8 Å². The van der Waals surface area contributed by atoms with E-state index in [4.69, 9.17) is 4.52 Å². The summed E-state index contributed by atoms with van der Waals surface area (Å²) < 4.78 is 7.22. The minimum absolute atomic E-state index is 0.00582. The van der Waals surface area contributed by atoms with Crippen molar-refractivity contribution in [3.05, 3.63) is 49.0 Å². The van der Waals surface area contributed by atoms with E-state index in [-0.39, 0.29) is 17.4 Å². The Morgan fingerprint density at radius 1 is 1.40 bits per heavy atom. The first-order valence-electron chi connectivity index (χ1n) is 8.18. The molecule has 25 heavy (non-hydrogen) atoms. The van der Waals surface area contributed by atoms with Gasteiger partial charge in [0.25, 0.3) is 0 Å². The molecule has 8 heteroatoms. The summed E-state index contributed by atoms with van der Waals surface area (Å²) in [5.74, 6) is 0.787. The largest absolute Gasteiger partial charge is 0.344 e. The first kappa shape index (κ1) is 15.5. The van der Waals surface area contributed by atoms with Crippen LogP contribution in [0.4, 0.5) is 0 Å². The van der Waals surface area contributed by atoms with Crippen LogP contribution in [0.25, 0.3) is 11.5 Å². The van der Waals surface area contributed by atoms with E-state index in [1.807, 2.05) is 35.9 Å². The molecule has 1 unspecified atom stereocenters. The second-order valence-corrected chi connectivity index (χ2v) is 6.38. The third kappa shape index (κ3) is 3.15. The van der Waals surface area contributed by atoms with Crippen LogP contribution in [-0.2, 0) is 11.3 Å². The maximum atomic E-state index is 12.7. The predicted molar refractivity (Wildman–Crippen MR) is 88.0 cm³/mol. The quantitative estimate of drug-likeness (QED) is 0.738. The lowest BCUT2D eigenvalue weighted by Gasteiger charge is -2.18. The zero-order valence-electron chi connectivity index (χ0n) is 13.8. The molecule has 3 aromatic heterocycles. The van der Waals surface area contributed by atoms with E-state index >= 15 is 0 Å². The molecule has 128 valence electrons. The number of imidazole rings is 1. The van der Waals surface area contributed by atoms with Gasteiger partial charge in [-0.2, -0.15) is 4.98 Å². The van der Waals surface area contributed by atoms with Crippen LogP contribution in [0.3, 0.4) is 0 Å². The second-order valence-electron chi connectivity index (χ2n) is 6.38. The molecule has 0 aliphatic heterocycles. The van der Waals surface area contributed by atoms with Crippen LogP contribution in [0.2, 0.25) is 0 Å². The molecule has 4 rings (SSSR count). The van der Waals surface area contributed by atoms with Crippen molar-refractivity contribution < 1.29 is 9.32 Å². The summed E-state index contributed by atoms with van der Waals surface area (Å²) in [5, 5.41) is 6.93. The normalized spacial score (nSPS) is 16.4. The molecule has 1 N–H and O–H groups in total. The fraction of sp³-hybridized carbons (Fsp3) is 0.353. The number of hydrogen-bond acceptors (Lipinski definition) is 6. The maximum absolute atomic E-state index is 12.7. The molecule has 0 bridgehead atoms. The predicted octanol–water partition coefficient (Wildman–Crippen LogP) is 1.99. The molecular formula is C17H18N6O2. The van der Waals surface area contributed by atoms with Crippen molar-refractivity contribution in [2.75, 3.05) is 0 Å². The molecule has 8 nitrogen and oxygen atoms in total. The first-order valence-corrected chi connectivity index (χ1v) is 8.18. The number of rotatable bonds is 6. The van der Waals surface area contributed by atoms with Gasteiger partial charge >= 0.3 is 0 Å². The Labute approximate surface area is 144 Å². The minimum atomic E-state index is -0.363. The smallest absolute Gasteiger partial charge is 0.249 e. The van der Waals surface area contributed by atoms with E-state index in [2.05, 4.69) is 25.4 Å². The second kappa shape index (κ2) is 6.12. The standard InChI is InChI=1S/C17H18N6O2/c1-12(15-21-14(22-25-15)13-4-2-3-7-19-13)20-16(24)17(5-6-17)10-23-9-8-18-11-23/h2-4,7-9,11-12H,5-6,10H2,1H3,(H,20,24). The molecule has 1 atom stereocenters. The number of hydrogen-bond donors (Lipinski definition) is 1. The number of nitrogens with zero attached hydrogens (tertiary/aromatic N) is 5. The van der Waals surface area contributed by atoms with Gasteiger partial charge in [0.15, 0.2) is 0 Å². The number of amides is 1. The summed E-state index contributed by atoms with van der Waals surface area (Å²) in [6.07, 6.45) is 8.72. The SMILES string of the molecule is CC(NC(=O)C1(Cn2ccnc2)CC1)c1nc(-c2ccccn2)no1. The van der Waals surface area contributed by atoms with Gasteiger partial charge in [-0.15, -0.1) is 0 Å². The van der Waals surface area contributed by atoms with E-state index < -0.39 is 0 Å². The van der Waals surface area contributed by atoms with Crippen molar-refractivity contribution in [2.45, 2.75) is 32.4 Å². The van der Waals surface area contributed by atoms with Crippen molar-refractivity contribution in [2.24, 2.45) is 5.41 Å².